The summed E-state index contributed by atoms with van der Waals surface area (Å²) >= 11 is 0. The minimum atomic E-state index is -0.611. The summed E-state index contributed by atoms with van der Waals surface area (Å²) < 4.78 is 0. The third kappa shape index (κ3) is 3.29. The first-order valence-electron chi connectivity index (χ1n) is 8.46. The SMILES string of the molecule is Cc1ccc(C(N)(CCC2CC2)c2ccc(C(N)=O)cc2)cc1N. The van der Waals surface area contributed by atoms with Gasteiger partial charge in [-0.25, -0.2) is 0 Å². The summed E-state index contributed by atoms with van der Waals surface area (Å²) in [4.78, 5) is 11.3. The number of aryl methyl sites for hydroxylation is 1. The van der Waals surface area contributed by atoms with Crippen molar-refractivity contribution >= 4 is 11.6 Å². The zero-order valence-corrected chi connectivity index (χ0v) is 14.1. The number of nitrogen functional groups attached to an aromatic ring is 1. The Balaban J connectivity index is 1.99. The van der Waals surface area contributed by atoms with Crippen LogP contribution in [0.4, 0.5) is 5.69 Å². The third-order valence-electron chi connectivity index (χ3n) is 5.12. The molecule has 1 atom stereocenters. The summed E-state index contributed by atoms with van der Waals surface area (Å²) in [5, 5.41) is 0. The molecule has 0 aliphatic heterocycles. The lowest BCUT2D eigenvalue weighted by molar-refractivity contribution is 0.1000. The number of amides is 1. The Morgan fingerprint density at radius 3 is 2.29 bits per heavy atom. The molecule has 3 rings (SSSR count). The first-order valence-corrected chi connectivity index (χ1v) is 8.46. The summed E-state index contributed by atoms with van der Waals surface area (Å²) in [5.74, 6) is 0.363. The van der Waals surface area contributed by atoms with E-state index >= 15 is 0 Å². The lowest BCUT2D eigenvalue weighted by Gasteiger charge is -2.32. The fraction of sp³-hybridized carbons (Fsp3) is 0.350. The third-order valence-corrected chi connectivity index (χ3v) is 5.12. The van der Waals surface area contributed by atoms with Gasteiger partial charge in [0.05, 0.1) is 5.54 Å². The fourth-order valence-corrected chi connectivity index (χ4v) is 3.14. The number of benzene rings is 2. The Bertz CT molecular complexity index is 750. The highest BCUT2D eigenvalue weighted by Gasteiger charge is 2.33. The molecule has 1 amide bonds. The van der Waals surface area contributed by atoms with Gasteiger partial charge in [0.15, 0.2) is 0 Å². The van der Waals surface area contributed by atoms with Crippen molar-refractivity contribution in [2.24, 2.45) is 17.4 Å². The quantitative estimate of drug-likeness (QED) is 0.713. The molecular weight excluding hydrogens is 298 g/mol. The first kappa shape index (κ1) is 16.5. The van der Waals surface area contributed by atoms with Gasteiger partial charge in [0.1, 0.15) is 0 Å². The van der Waals surface area contributed by atoms with Crippen molar-refractivity contribution in [3.63, 3.8) is 0 Å². The van der Waals surface area contributed by atoms with Gasteiger partial charge in [-0.3, -0.25) is 4.79 Å². The molecular formula is C20H25N3O. The molecule has 0 spiro atoms. The van der Waals surface area contributed by atoms with E-state index in [4.69, 9.17) is 17.2 Å². The Labute approximate surface area is 143 Å². The average Bonchev–Trinajstić information content (AvgIpc) is 3.39. The molecule has 126 valence electrons. The van der Waals surface area contributed by atoms with E-state index in [1.165, 1.54) is 12.8 Å². The van der Waals surface area contributed by atoms with Gasteiger partial charge in [-0.1, -0.05) is 37.1 Å². The number of hydrogen-bond acceptors (Lipinski definition) is 3. The number of hydrogen-bond donors (Lipinski definition) is 3. The van der Waals surface area contributed by atoms with Gasteiger partial charge in [-0.15, -0.1) is 0 Å². The molecule has 1 aliphatic carbocycles. The molecule has 2 aromatic rings. The Kier molecular flexibility index (Phi) is 4.33. The molecule has 2 aromatic carbocycles. The van der Waals surface area contributed by atoms with Crippen molar-refractivity contribution in [2.45, 2.75) is 38.1 Å². The standard InChI is InChI=1S/C20H25N3O/c1-13-2-7-17(12-18(13)21)20(23,11-10-14-3-4-14)16-8-5-15(6-9-16)19(22)24/h2,5-9,12,14H,3-4,10-11,21,23H2,1H3,(H2,22,24). The van der Waals surface area contributed by atoms with E-state index in [2.05, 4.69) is 6.07 Å². The van der Waals surface area contributed by atoms with Crippen molar-refractivity contribution in [1.29, 1.82) is 0 Å². The van der Waals surface area contributed by atoms with Crippen LogP contribution in [0.2, 0.25) is 0 Å². The van der Waals surface area contributed by atoms with Gasteiger partial charge in [-0.05, 0) is 60.6 Å². The van der Waals surface area contributed by atoms with Gasteiger partial charge in [0.2, 0.25) is 5.91 Å². The minimum Gasteiger partial charge on any atom is -0.399 e. The van der Waals surface area contributed by atoms with Crippen molar-refractivity contribution in [1.82, 2.24) is 0 Å². The summed E-state index contributed by atoms with van der Waals surface area (Å²) in [6, 6.07) is 13.3. The van der Waals surface area contributed by atoms with Crippen LogP contribution in [0.3, 0.4) is 0 Å². The van der Waals surface area contributed by atoms with Crippen LogP contribution in [0.15, 0.2) is 42.5 Å². The second-order valence-corrected chi connectivity index (χ2v) is 6.97. The minimum absolute atomic E-state index is 0.429. The number of anilines is 1. The molecule has 0 aromatic heterocycles. The monoisotopic (exact) mass is 323 g/mol. The maximum Gasteiger partial charge on any atom is 0.248 e. The molecule has 4 nitrogen and oxygen atoms in total. The molecule has 1 saturated carbocycles. The van der Waals surface area contributed by atoms with E-state index in [-0.39, 0.29) is 0 Å². The van der Waals surface area contributed by atoms with Gasteiger partial charge in [0, 0.05) is 11.3 Å². The smallest absolute Gasteiger partial charge is 0.248 e. The largest absolute Gasteiger partial charge is 0.399 e. The maximum absolute atomic E-state index is 11.3. The number of carbonyl (C=O) groups excluding carboxylic acids is 1. The average molecular weight is 323 g/mol. The number of nitrogens with two attached hydrogens (primary N) is 3. The van der Waals surface area contributed by atoms with Crippen LogP contribution in [-0.2, 0) is 5.54 Å². The number of rotatable bonds is 6. The molecule has 6 N–H and O–H groups in total. The zero-order chi connectivity index (χ0) is 17.3. The zero-order valence-electron chi connectivity index (χ0n) is 14.1. The summed E-state index contributed by atoms with van der Waals surface area (Å²) in [7, 11) is 0. The van der Waals surface area contributed by atoms with Crippen LogP contribution in [0.5, 0.6) is 0 Å². The second kappa shape index (κ2) is 6.29. The van der Waals surface area contributed by atoms with E-state index in [1.54, 1.807) is 12.1 Å². The predicted octanol–water partition coefficient (Wildman–Crippen LogP) is 3.07. The topological polar surface area (TPSA) is 95.1 Å². The molecule has 1 fully saturated rings. The van der Waals surface area contributed by atoms with Crippen molar-refractivity contribution in [3.8, 4) is 0 Å². The number of carbonyl (C=O) groups is 1. The van der Waals surface area contributed by atoms with Crippen molar-refractivity contribution in [3.05, 3.63) is 64.7 Å². The maximum atomic E-state index is 11.3. The van der Waals surface area contributed by atoms with Crippen LogP contribution in [0.25, 0.3) is 0 Å². The molecule has 1 unspecified atom stereocenters. The summed E-state index contributed by atoms with van der Waals surface area (Å²) in [5.41, 5.74) is 22.0. The van der Waals surface area contributed by atoms with Crippen LogP contribution in [0, 0.1) is 12.8 Å². The number of primary amides is 1. The Hall–Kier alpha value is -2.33. The summed E-state index contributed by atoms with van der Waals surface area (Å²) in [6.45, 7) is 1.99. The van der Waals surface area contributed by atoms with Crippen LogP contribution in [0.1, 0.15) is 52.7 Å². The lowest BCUT2D eigenvalue weighted by atomic mass is 9.79. The summed E-state index contributed by atoms with van der Waals surface area (Å²) in [6.07, 6.45) is 4.55. The first-order chi connectivity index (χ1) is 11.4. The molecule has 24 heavy (non-hydrogen) atoms. The van der Waals surface area contributed by atoms with Crippen LogP contribution in [-0.4, -0.2) is 5.91 Å². The normalized spacial score (nSPS) is 16.6. The fourth-order valence-electron chi connectivity index (χ4n) is 3.14. The molecule has 1 aliphatic rings. The van der Waals surface area contributed by atoms with Crippen LogP contribution < -0.4 is 17.2 Å². The van der Waals surface area contributed by atoms with E-state index in [0.717, 1.165) is 41.1 Å². The molecule has 4 heteroatoms. The van der Waals surface area contributed by atoms with Crippen molar-refractivity contribution in [2.75, 3.05) is 5.73 Å². The highest BCUT2D eigenvalue weighted by Crippen LogP contribution is 2.40. The Morgan fingerprint density at radius 2 is 1.75 bits per heavy atom. The van der Waals surface area contributed by atoms with Crippen LogP contribution >= 0.6 is 0 Å². The van der Waals surface area contributed by atoms with E-state index in [1.807, 2.05) is 31.2 Å². The highest BCUT2D eigenvalue weighted by molar-refractivity contribution is 5.92. The predicted molar refractivity (Wildman–Crippen MR) is 97.5 cm³/mol. The van der Waals surface area contributed by atoms with E-state index in [9.17, 15) is 4.79 Å². The lowest BCUT2D eigenvalue weighted by Crippen LogP contribution is -2.38. The molecule has 0 saturated heterocycles. The van der Waals surface area contributed by atoms with Gasteiger partial charge < -0.3 is 17.2 Å². The van der Waals surface area contributed by atoms with E-state index in [0.29, 0.717) is 5.56 Å². The highest BCUT2D eigenvalue weighted by atomic mass is 16.1. The molecule has 0 heterocycles. The van der Waals surface area contributed by atoms with Crippen molar-refractivity contribution < 1.29 is 4.79 Å². The van der Waals surface area contributed by atoms with E-state index < -0.39 is 11.4 Å². The van der Waals surface area contributed by atoms with Gasteiger partial charge in [0.25, 0.3) is 0 Å². The Morgan fingerprint density at radius 1 is 1.12 bits per heavy atom. The molecule has 0 bridgehead atoms. The van der Waals surface area contributed by atoms with Gasteiger partial charge >= 0.3 is 0 Å². The van der Waals surface area contributed by atoms with Gasteiger partial charge in [-0.2, -0.15) is 0 Å². The molecule has 0 radical (unpaired) electrons. The second-order valence-electron chi connectivity index (χ2n) is 6.97.